The van der Waals surface area contributed by atoms with Gasteiger partial charge < -0.3 is 19.5 Å². The highest BCUT2D eigenvalue weighted by molar-refractivity contribution is 5.43. The minimum absolute atomic E-state index is 0.752. The fraction of sp³-hybridized carbons (Fsp3) is 0.647. The van der Waals surface area contributed by atoms with Crippen LogP contribution in [0.15, 0.2) is 18.2 Å². The maximum atomic E-state index is 5.72. The summed E-state index contributed by atoms with van der Waals surface area (Å²) in [6.07, 6.45) is 5.74. The monoisotopic (exact) mass is 293 g/mol. The molecule has 0 bridgehead atoms. The number of hydrogen-bond donors (Lipinski definition) is 1. The number of ether oxygens (including phenoxy) is 3. The number of hydrogen-bond acceptors (Lipinski definition) is 4. The van der Waals surface area contributed by atoms with E-state index in [4.69, 9.17) is 14.2 Å². The maximum Gasteiger partial charge on any atom is 0.161 e. The molecule has 1 aromatic rings. The van der Waals surface area contributed by atoms with E-state index in [0.717, 1.165) is 57.3 Å². The van der Waals surface area contributed by atoms with Crippen molar-refractivity contribution in [2.45, 2.75) is 32.1 Å². The molecule has 0 aliphatic carbocycles. The van der Waals surface area contributed by atoms with E-state index in [1.165, 1.54) is 24.8 Å². The first-order chi connectivity index (χ1) is 10.4. The van der Waals surface area contributed by atoms with Gasteiger partial charge in [0.1, 0.15) is 0 Å². The van der Waals surface area contributed by atoms with Gasteiger partial charge in [0.15, 0.2) is 11.5 Å². The Hall–Kier alpha value is -1.26. The summed E-state index contributed by atoms with van der Waals surface area (Å²) in [6, 6.07) is 6.34. The number of benzene rings is 1. The molecule has 0 aromatic heterocycles. The second-order valence-corrected chi connectivity index (χ2v) is 5.39. The van der Waals surface area contributed by atoms with Crippen LogP contribution in [0.4, 0.5) is 0 Å². The molecule has 0 atom stereocenters. The summed E-state index contributed by atoms with van der Waals surface area (Å²) in [5.41, 5.74) is 1.34. The molecule has 4 nitrogen and oxygen atoms in total. The van der Waals surface area contributed by atoms with Crippen molar-refractivity contribution in [1.29, 1.82) is 0 Å². The Bertz CT molecular complexity index is 409. The van der Waals surface area contributed by atoms with E-state index in [9.17, 15) is 0 Å². The Balaban J connectivity index is 1.63. The van der Waals surface area contributed by atoms with E-state index in [-0.39, 0.29) is 0 Å². The molecule has 4 heteroatoms. The molecular weight excluding hydrogens is 266 g/mol. The Morgan fingerprint density at radius 2 is 1.90 bits per heavy atom. The van der Waals surface area contributed by atoms with Crippen molar-refractivity contribution in [1.82, 2.24) is 5.32 Å². The van der Waals surface area contributed by atoms with Crippen LogP contribution < -0.4 is 14.8 Å². The van der Waals surface area contributed by atoms with Crippen LogP contribution in [-0.4, -0.2) is 40.0 Å². The van der Waals surface area contributed by atoms with Crippen LogP contribution in [0.2, 0.25) is 0 Å². The lowest BCUT2D eigenvalue weighted by molar-refractivity contribution is 0.199. The van der Waals surface area contributed by atoms with Gasteiger partial charge in [0, 0.05) is 20.1 Å². The van der Waals surface area contributed by atoms with Crippen LogP contribution in [0.1, 0.15) is 31.2 Å². The normalized spacial score (nSPS) is 14.0. The summed E-state index contributed by atoms with van der Waals surface area (Å²) in [5.74, 6) is 1.80. The van der Waals surface area contributed by atoms with Gasteiger partial charge in [-0.1, -0.05) is 12.5 Å². The summed E-state index contributed by atoms with van der Waals surface area (Å²) < 4.78 is 16.4. The maximum absolute atomic E-state index is 5.72. The Morgan fingerprint density at radius 3 is 2.76 bits per heavy atom. The predicted octanol–water partition coefficient (Wildman–Crippen LogP) is 2.80. The third kappa shape index (κ3) is 5.94. The first kappa shape index (κ1) is 16.1. The average Bonchev–Trinajstić information content (AvgIpc) is 2.74. The third-order valence-corrected chi connectivity index (χ3v) is 3.61. The smallest absolute Gasteiger partial charge is 0.161 e. The predicted molar refractivity (Wildman–Crippen MR) is 84.3 cm³/mol. The Morgan fingerprint density at radius 1 is 1.05 bits per heavy atom. The topological polar surface area (TPSA) is 39.7 Å². The van der Waals surface area contributed by atoms with Crippen LogP contribution in [0.25, 0.3) is 0 Å². The number of unbranched alkanes of at least 4 members (excludes halogenated alkanes) is 2. The van der Waals surface area contributed by atoms with Crippen LogP contribution in [0, 0.1) is 0 Å². The molecule has 118 valence electrons. The van der Waals surface area contributed by atoms with Gasteiger partial charge in [-0.3, -0.25) is 0 Å². The molecule has 2 rings (SSSR count). The minimum atomic E-state index is 0.752. The average molecular weight is 293 g/mol. The number of methoxy groups -OCH3 is 1. The van der Waals surface area contributed by atoms with E-state index in [0.29, 0.717) is 0 Å². The van der Waals surface area contributed by atoms with Crippen molar-refractivity contribution in [3.05, 3.63) is 23.8 Å². The number of fused-ring (bicyclic) bond motifs is 1. The molecule has 0 fully saturated rings. The SMILES string of the molecule is COCCNCCCCCc1ccc2c(c1)OCCCO2. The van der Waals surface area contributed by atoms with Crippen LogP contribution in [0.5, 0.6) is 11.5 Å². The van der Waals surface area contributed by atoms with Crippen molar-refractivity contribution in [3.63, 3.8) is 0 Å². The molecule has 0 unspecified atom stereocenters. The third-order valence-electron chi connectivity index (χ3n) is 3.61. The molecular formula is C17H27NO3. The molecule has 1 aromatic carbocycles. The number of nitrogens with one attached hydrogen (secondary N) is 1. The van der Waals surface area contributed by atoms with E-state index in [1.807, 2.05) is 6.07 Å². The summed E-state index contributed by atoms with van der Waals surface area (Å²) in [7, 11) is 1.73. The van der Waals surface area contributed by atoms with Crippen LogP contribution in [-0.2, 0) is 11.2 Å². The molecule has 0 saturated heterocycles. The second kappa shape index (κ2) is 9.64. The fourth-order valence-electron chi connectivity index (χ4n) is 2.42. The van der Waals surface area contributed by atoms with Crippen molar-refractivity contribution in [3.8, 4) is 11.5 Å². The minimum Gasteiger partial charge on any atom is -0.490 e. The number of rotatable bonds is 9. The van der Waals surface area contributed by atoms with Gasteiger partial charge in [-0.15, -0.1) is 0 Å². The zero-order chi connectivity index (χ0) is 14.8. The standard InChI is InChI=1S/C17H27NO3/c1-19-13-10-18-9-4-2-3-6-15-7-8-16-17(14-15)21-12-5-11-20-16/h7-8,14,18H,2-6,9-13H2,1H3. The summed E-state index contributed by atoms with van der Waals surface area (Å²) in [4.78, 5) is 0. The Labute approximate surface area is 127 Å². The van der Waals surface area contributed by atoms with Gasteiger partial charge in [0.25, 0.3) is 0 Å². The van der Waals surface area contributed by atoms with Crippen LogP contribution >= 0.6 is 0 Å². The van der Waals surface area contributed by atoms with Crippen molar-refractivity contribution in [2.75, 3.05) is 40.0 Å². The van der Waals surface area contributed by atoms with E-state index < -0.39 is 0 Å². The van der Waals surface area contributed by atoms with E-state index in [1.54, 1.807) is 7.11 Å². The van der Waals surface area contributed by atoms with Gasteiger partial charge in [-0.25, -0.2) is 0 Å². The van der Waals surface area contributed by atoms with Crippen LogP contribution in [0.3, 0.4) is 0 Å². The molecule has 1 aliphatic heterocycles. The highest BCUT2D eigenvalue weighted by atomic mass is 16.5. The molecule has 1 aliphatic rings. The summed E-state index contributed by atoms with van der Waals surface area (Å²) >= 11 is 0. The molecule has 1 N–H and O–H groups in total. The molecule has 0 amide bonds. The highest BCUT2D eigenvalue weighted by Gasteiger charge is 2.10. The van der Waals surface area contributed by atoms with Gasteiger partial charge in [0.2, 0.25) is 0 Å². The lowest BCUT2D eigenvalue weighted by atomic mass is 10.1. The van der Waals surface area contributed by atoms with Crippen molar-refractivity contribution < 1.29 is 14.2 Å². The lowest BCUT2D eigenvalue weighted by Crippen LogP contribution is -2.20. The second-order valence-electron chi connectivity index (χ2n) is 5.39. The lowest BCUT2D eigenvalue weighted by Gasteiger charge is -2.09. The molecule has 0 radical (unpaired) electrons. The highest BCUT2D eigenvalue weighted by Crippen LogP contribution is 2.30. The van der Waals surface area contributed by atoms with Gasteiger partial charge >= 0.3 is 0 Å². The zero-order valence-electron chi connectivity index (χ0n) is 13.0. The largest absolute Gasteiger partial charge is 0.490 e. The van der Waals surface area contributed by atoms with E-state index >= 15 is 0 Å². The Kier molecular flexibility index (Phi) is 7.39. The van der Waals surface area contributed by atoms with Crippen molar-refractivity contribution in [2.24, 2.45) is 0 Å². The zero-order valence-corrected chi connectivity index (χ0v) is 13.0. The van der Waals surface area contributed by atoms with Gasteiger partial charge in [-0.05, 0) is 43.5 Å². The molecule has 0 saturated carbocycles. The van der Waals surface area contributed by atoms with Gasteiger partial charge in [0.05, 0.1) is 19.8 Å². The van der Waals surface area contributed by atoms with Gasteiger partial charge in [-0.2, -0.15) is 0 Å². The number of aryl methyl sites for hydroxylation is 1. The molecule has 21 heavy (non-hydrogen) atoms. The van der Waals surface area contributed by atoms with Crippen molar-refractivity contribution >= 4 is 0 Å². The summed E-state index contributed by atoms with van der Waals surface area (Å²) in [5, 5.41) is 3.37. The quantitative estimate of drug-likeness (QED) is 0.711. The first-order valence-electron chi connectivity index (χ1n) is 7.98. The molecule has 1 heterocycles. The van der Waals surface area contributed by atoms with E-state index in [2.05, 4.69) is 17.4 Å². The summed E-state index contributed by atoms with van der Waals surface area (Å²) in [6.45, 7) is 4.31. The molecule has 0 spiro atoms. The first-order valence-corrected chi connectivity index (χ1v) is 7.98. The fourth-order valence-corrected chi connectivity index (χ4v) is 2.42.